The second-order valence-electron chi connectivity index (χ2n) is 6.03. The van der Waals surface area contributed by atoms with Gasteiger partial charge in [-0.15, -0.1) is 0 Å². The van der Waals surface area contributed by atoms with Crippen LogP contribution in [0.2, 0.25) is 10.0 Å². The molecule has 160 valence electrons. The minimum absolute atomic E-state index is 0.0997. The predicted octanol–water partition coefficient (Wildman–Crippen LogP) is 4.14. The van der Waals surface area contributed by atoms with Crippen molar-refractivity contribution in [2.75, 3.05) is 5.32 Å². The van der Waals surface area contributed by atoms with Crippen LogP contribution in [0.3, 0.4) is 0 Å². The number of hydrogen-bond donors (Lipinski definition) is 2. The number of aromatic nitrogens is 5. The molecule has 2 N–H and O–H groups in total. The highest BCUT2D eigenvalue weighted by atomic mass is 35.5. The molecule has 0 aliphatic carbocycles. The van der Waals surface area contributed by atoms with Gasteiger partial charge in [-0.1, -0.05) is 23.2 Å². The number of carbonyl (C=O) groups excluding carboxylic acids is 1. The fourth-order valence-corrected chi connectivity index (χ4v) is 3.07. The summed E-state index contributed by atoms with van der Waals surface area (Å²) < 4.78 is 40.4. The van der Waals surface area contributed by atoms with E-state index in [9.17, 15) is 18.0 Å². The Morgan fingerprint density at radius 2 is 1.90 bits per heavy atom. The number of hydrogen-bond acceptors (Lipinski definition) is 6. The van der Waals surface area contributed by atoms with Crippen molar-refractivity contribution >= 4 is 34.9 Å². The normalized spacial score (nSPS) is 12.2. The molecule has 2 heterocycles. The highest BCUT2D eigenvalue weighted by Crippen LogP contribution is 2.39. The number of amides is 2. The van der Waals surface area contributed by atoms with Crippen LogP contribution in [-0.4, -0.2) is 30.8 Å². The summed E-state index contributed by atoms with van der Waals surface area (Å²) in [5.74, 6) is 0.486. The molecular weight excluding hydrogens is 460 g/mol. The van der Waals surface area contributed by atoms with Gasteiger partial charge in [-0.25, -0.2) is 19.7 Å². The summed E-state index contributed by atoms with van der Waals surface area (Å²) in [4.78, 5) is 24.2. The molecule has 0 saturated heterocycles. The maximum atomic E-state index is 13.0. The van der Waals surface area contributed by atoms with Crippen molar-refractivity contribution in [1.82, 2.24) is 30.0 Å². The number of nitrogens with zero attached hydrogens (tertiary/aromatic N) is 6. The molecule has 0 radical (unpaired) electrons. The Bertz CT molecular complexity index is 1170. The van der Waals surface area contributed by atoms with Crippen molar-refractivity contribution in [2.24, 2.45) is 0 Å². The Kier molecular flexibility index (Phi) is 6.28. The molecule has 9 nitrogen and oxygen atoms in total. The number of nitrogens with one attached hydrogen (secondary N) is 2. The van der Waals surface area contributed by atoms with Gasteiger partial charge in [0, 0.05) is 6.07 Å². The van der Waals surface area contributed by atoms with Gasteiger partial charge in [0.25, 0.3) is 0 Å². The first-order chi connectivity index (χ1) is 14.6. The van der Waals surface area contributed by atoms with Crippen molar-refractivity contribution < 1.29 is 18.0 Å². The monoisotopic (exact) mass is 470 g/mol. The van der Waals surface area contributed by atoms with Crippen LogP contribution in [0.4, 0.5) is 23.7 Å². The zero-order valence-corrected chi connectivity index (χ0v) is 17.0. The van der Waals surface area contributed by atoms with Gasteiger partial charge in [0.15, 0.2) is 11.6 Å². The van der Waals surface area contributed by atoms with E-state index in [2.05, 4.69) is 30.7 Å². The Balaban J connectivity index is 1.79. The van der Waals surface area contributed by atoms with E-state index in [0.29, 0.717) is 6.07 Å². The average Bonchev–Trinajstić information content (AvgIpc) is 3.19. The van der Waals surface area contributed by atoms with Crippen LogP contribution in [0.5, 0.6) is 0 Å². The smallest absolute Gasteiger partial charge is 0.328 e. The fraction of sp³-hybridized carbons (Fsp3) is 0.176. The lowest BCUT2D eigenvalue weighted by atomic mass is 10.2. The lowest BCUT2D eigenvalue weighted by molar-refractivity contribution is -0.137. The number of urea groups is 1. The number of rotatable bonds is 4. The molecule has 14 heteroatoms. The maximum Gasteiger partial charge on any atom is 0.417 e. The van der Waals surface area contributed by atoms with E-state index >= 15 is 0 Å². The first-order valence-electron chi connectivity index (χ1n) is 8.36. The van der Waals surface area contributed by atoms with Crippen molar-refractivity contribution in [3.63, 3.8) is 0 Å². The first kappa shape index (κ1) is 22.3. The van der Waals surface area contributed by atoms with Crippen LogP contribution in [-0.2, 0) is 6.18 Å². The van der Waals surface area contributed by atoms with E-state index in [-0.39, 0.29) is 28.0 Å². The van der Waals surface area contributed by atoms with Gasteiger partial charge in [0.2, 0.25) is 0 Å². The second kappa shape index (κ2) is 8.75. The molecule has 0 unspecified atom stereocenters. The van der Waals surface area contributed by atoms with Gasteiger partial charge >= 0.3 is 12.2 Å². The first-order valence-corrected chi connectivity index (χ1v) is 9.12. The summed E-state index contributed by atoms with van der Waals surface area (Å²) >= 11 is 11.5. The molecule has 3 aromatic rings. The van der Waals surface area contributed by atoms with Crippen molar-refractivity contribution in [3.05, 3.63) is 58.0 Å². The SMILES string of the molecule is C[C@H](NC(=O)Nc1cc(C(F)(F)F)c(Cl)cc1Cl)c1ncnn1-c1cc(C#N)ncn1. The zero-order valence-electron chi connectivity index (χ0n) is 15.4. The van der Waals surface area contributed by atoms with Gasteiger partial charge in [0.05, 0.1) is 27.3 Å². The predicted molar refractivity (Wildman–Crippen MR) is 104 cm³/mol. The number of nitriles is 1. The van der Waals surface area contributed by atoms with Crippen molar-refractivity contribution in [1.29, 1.82) is 5.26 Å². The number of alkyl halides is 3. The van der Waals surface area contributed by atoms with Crippen LogP contribution < -0.4 is 10.6 Å². The number of halogens is 5. The quantitative estimate of drug-likeness (QED) is 0.590. The zero-order chi connectivity index (χ0) is 22.8. The van der Waals surface area contributed by atoms with E-state index in [4.69, 9.17) is 28.5 Å². The van der Waals surface area contributed by atoms with Gasteiger partial charge < -0.3 is 10.6 Å². The van der Waals surface area contributed by atoms with Crippen LogP contribution in [0.15, 0.2) is 30.9 Å². The fourth-order valence-electron chi connectivity index (χ4n) is 2.53. The third-order valence-corrected chi connectivity index (χ3v) is 4.53. The summed E-state index contributed by atoms with van der Waals surface area (Å²) in [7, 11) is 0. The largest absolute Gasteiger partial charge is 0.417 e. The van der Waals surface area contributed by atoms with Gasteiger partial charge in [-0.2, -0.15) is 28.2 Å². The lowest BCUT2D eigenvalue weighted by Crippen LogP contribution is -2.33. The number of carbonyl (C=O) groups is 1. The Morgan fingerprint density at radius 3 is 2.58 bits per heavy atom. The summed E-state index contributed by atoms with van der Waals surface area (Å²) in [5, 5.41) is 17.0. The van der Waals surface area contributed by atoms with Gasteiger partial charge in [-0.3, -0.25) is 0 Å². The molecule has 1 aromatic carbocycles. The minimum Gasteiger partial charge on any atom is -0.328 e. The van der Waals surface area contributed by atoms with E-state index in [0.717, 1.165) is 6.07 Å². The van der Waals surface area contributed by atoms with E-state index < -0.39 is 28.8 Å². The Hall–Kier alpha value is -3.43. The Labute approximate surface area is 182 Å². The number of benzene rings is 1. The van der Waals surface area contributed by atoms with E-state index in [1.807, 2.05) is 6.07 Å². The summed E-state index contributed by atoms with van der Waals surface area (Å²) in [6.07, 6.45) is -2.34. The van der Waals surface area contributed by atoms with Gasteiger partial charge in [0.1, 0.15) is 24.4 Å². The maximum absolute atomic E-state index is 13.0. The topological polar surface area (TPSA) is 121 Å². The van der Waals surface area contributed by atoms with E-state index in [1.54, 1.807) is 6.92 Å². The molecule has 2 aromatic heterocycles. The molecule has 3 rings (SSSR count). The summed E-state index contributed by atoms with van der Waals surface area (Å²) in [6.45, 7) is 1.57. The van der Waals surface area contributed by atoms with Crippen LogP contribution in [0, 0.1) is 11.3 Å². The number of anilines is 1. The highest BCUT2D eigenvalue weighted by molar-refractivity contribution is 6.37. The molecule has 0 saturated carbocycles. The molecule has 0 bridgehead atoms. The third kappa shape index (κ3) is 5.01. The second-order valence-corrected chi connectivity index (χ2v) is 6.85. The van der Waals surface area contributed by atoms with Crippen molar-refractivity contribution in [2.45, 2.75) is 19.1 Å². The lowest BCUT2D eigenvalue weighted by Gasteiger charge is -2.17. The Morgan fingerprint density at radius 1 is 1.16 bits per heavy atom. The van der Waals surface area contributed by atoms with Crippen LogP contribution in [0.25, 0.3) is 5.82 Å². The molecule has 0 aliphatic rings. The van der Waals surface area contributed by atoms with Crippen LogP contribution >= 0.6 is 23.2 Å². The standard InChI is InChI=1S/C17H11Cl2F3N8O/c1-8(15-26-7-27-30(15)14-2-9(5-23)24-6-25-14)28-16(31)29-13-3-10(17(20,21)22)11(18)4-12(13)19/h2-4,6-8H,1H3,(H2,28,29,31)/t8-/m0/s1. The molecular formula is C17H11Cl2F3N8O. The summed E-state index contributed by atoms with van der Waals surface area (Å²) in [6, 6.07) is 3.17. The molecule has 31 heavy (non-hydrogen) atoms. The van der Waals surface area contributed by atoms with Crippen LogP contribution in [0.1, 0.15) is 30.0 Å². The van der Waals surface area contributed by atoms with Crippen molar-refractivity contribution in [3.8, 4) is 11.9 Å². The molecule has 0 fully saturated rings. The third-order valence-electron chi connectivity index (χ3n) is 3.90. The molecule has 2 amide bonds. The average molecular weight is 471 g/mol. The van der Waals surface area contributed by atoms with E-state index in [1.165, 1.54) is 23.4 Å². The molecule has 1 atom stereocenters. The highest BCUT2D eigenvalue weighted by Gasteiger charge is 2.34. The molecule has 0 aliphatic heterocycles. The molecule has 0 spiro atoms. The van der Waals surface area contributed by atoms with Gasteiger partial charge in [-0.05, 0) is 19.1 Å². The minimum atomic E-state index is -4.72. The summed E-state index contributed by atoms with van der Waals surface area (Å²) in [5.41, 5.74) is -1.32.